The Hall–Kier alpha value is -3.93. The summed E-state index contributed by atoms with van der Waals surface area (Å²) in [5, 5.41) is 7.43. The molecule has 0 aliphatic rings. The van der Waals surface area contributed by atoms with Crippen molar-refractivity contribution in [3.63, 3.8) is 0 Å². The third-order valence-corrected chi connectivity index (χ3v) is 5.44. The zero-order chi connectivity index (χ0) is 22.0. The molecule has 4 rings (SSSR count). The van der Waals surface area contributed by atoms with Crippen LogP contribution in [0.3, 0.4) is 0 Å². The van der Waals surface area contributed by atoms with Crippen molar-refractivity contribution in [1.82, 2.24) is 20.1 Å². The second kappa shape index (κ2) is 8.44. The first-order valence-electron chi connectivity index (χ1n) is 10.2. The molecule has 0 fully saturated rings. The van der Waals surface area contributed by atoms with E-state index < -0.39 is 11.5 Å². The lowest BCUT2D eigenvalue weighted by Gasteiger charge is -2.15. The number of aromatic amines is 1. The van der Waals surface area contributed by atoms with Crippen molar-refractivity contribution in [2.24, 2.45) is 0 Å². The van der Waals surface area contributed by atoms with Gasteiger partial charge in [-0.15, -0.1) is 0 Å². The monoisotopic (exact) mass is 412 g/mol. The lowest BCUT2D eigenvalue weighted by Crippen LogP contribution is -2.31. The molecule has 4 aromatic rings. The summed E-state index contributed by atoms with van der Waals surface area (Å²) < 4.78 is 1.87. The van der Waals surface area contributed by atoms with Crippen LogP contribution in [0.4, 0.5) is 0 Å². The van der Waals surface area contributed by atoms with E-state index in [1.807, 2.05) is 80.1 Å². The molecule has 6 heteroatoms. The van der Waals surface area contributed by atoms with Gasteiger partial charge in [0.25, 0.3) is 11.5 Å². The lowest BCUT2D eigenvalue weighted by molar-refractivity contribution is 0.0938. The van der Waals surface area contributed by atoms with E-state index in [2.05, 4.69) is 15.4 Å². The van der Waals surface area contributed by atoms with Crippen LogP contribution in [0, 0.1) is 13.8 Å². The second-order valence-electron chi connectivity index (χ2n) is 7.56. The summed E-state index contributed by atoms with van der Waals surface area (Å²) in [7, 11) is 0. The van der Waals surface area contributed by atoms with Gasteiger partial charge in [0.15, 0.2) is 0 Å². The third-order valence-electron chi connectivity index (χ3n) is 5.44. The van der Waals surface area contributed by atoms with Gasteiger partial charge in [0.05, 0.1) is 17.9 Å². The van der Waals surface area contributed by atoms with Crippen LogP contribution < -0.4 is 10.9 Å². The molecule has 2 N–H and O–H groups in total. The minimum Gasteiger partial charge on any atom is -0.345 e. The summed E-state index contributed by atoms with van der Waals surface area (Å²) in [4.78, 5) is 28.1. The molecule has 0 aliphatic carbocycles. The van der Waals surface area contributed by atoms with Gasteiger partial charge in [-0.25, -0.2) is 4.68 Å². The molecule has 6 nitrogen and oxygen atoms in total. The topological polar surface area (TPSA) is 79.8 Å². The van der Waals surface area contributed by atoms with Gasteiger partial charge in [0, 0.05) is 17.0 Å². The van der Waals surface area contributed by atoms with E-state index in [9.17, 15) is 9.59 Å². The maximum Gasteiger partial charge on any atom is 0.261 e. The fraction of sp³-hybridized carbons (Fsp3) is 0.160. The number of para-hydroxylation sites is 1. The Morgan fingerprint density at radius 2 is 1.71 bits per heavy atom. The lowest BCUT2D eigenvalue weighted by atomic mass is 10.1. The average molecular weight is 412 g/mol. The number of hydrogen-bond acceptors (Lipinski definition) is 3. The Labute approximate surface area is 180 Å². The minimum absolute atomic E-state index is 0.0791. The van der Waals surface area contributed by atoms with Gasteiger partial charge >= 0.3 is 0 Å². The van der Waals surface area contributed by atoms with E-state index in [1.165, 1.54) is 0 Å². The van der Waals surface area contributed by atoms with E-state index in [0.717, 1.165) is 28.1 Å². The summed E-state index contributed by atoms with van der Waals surface area (Å²) in [5.41, 5.74) is 5.17. The van der Waals surface area contributed by atoms with Crippen molar-refractivity contribution in [3.05, 3.63) is 106 Å². The molecule has 1 amide bonds. The zero-order valence-electron chi connectivity index (χ0n) is 17.7. The first-order chi connectivity index (χ1) is 15.0. The Bertz CT molecular complexity index is 1290. The van der Waals surface area contributed by atoms with Crippen LogP contribution in [0.1, 0.15) is 40.1 Å². The van der Waals surface area contributed by atoms with E-state index >= 15 is 0 Å². The Morgan fingerprint density at radius 1 is 1.00 bits per heavy atom. The molecule has 0 radical (unpaired) electrons. The molecule has 0 unspecified atom stereocenters. The molecule has 0 saturated heterocycles. The van der Waals surface area contributed by atoms with Crippen molar-refractivity contribution < 1.29 is 4.79 Å². The smallest absolute Gasteiger partial charge is 0.261 e. The van der Waals surface area contributed by atoms with E-state index in [4.69, 9.17) is 0 Å². The number of carbonyl (C=O) groups is 1. The van der Waals surface area contributed by atoms with E-state index in [-0.39, 0.29) is 11.6 Å². The molecule has 1 atom stereocenters. The highest BCUT2D eigenvalue weighted by Crippen LogP contribution is 2.22. The Morgan fingerprint density at radius 3 is 2.42 bits per heavy atom. The number of aromatic nitrogens is 3. The van der Waals surface area contributed by atoms with Gasteiger partial charge in [-0.1, -0.05) is 48.5 Å². The van der Waals surface area contributed by atoms with Gasteiger partial charge in [-0.3, -0.25) is 9.59 Å². The number of amides is 1. The number of aryl methyl sites for hydroxylation is 1. The molecule has 0 spiro atoms. The van der Waals surface area contributed by atoms with Gasteiger partial charge < -0.3 is 10.3 Å². The largest absolute Gasteiger partial charge is 0.345 e. The molecule has 0 aliphatic heterocycles. The zero-order valence-corrected chi connectivity index (χ0v) is 17.7. The average Bonchev–Trinajstić information content (AvgIpc) is 3.15. The van der Waals surface area contributed by atoms with Crippen molar-refractivity contribution in [1.29, 1.82) is 0 Å². The number of nitrogens with one attached hydrogen (secondary N) is 2. The van der Waals surface area contributed by atoms with Crippen LogP contribution in [-0.4, -0.2) is 20.7 Å². The molecular formula is C25H24N4O2. The predicted octanol–water partition coefficient (Wildman–Crippen LogP) is 4.34. The fourth-order valence-corrected chi connectivity index (χ4v) is 3.68. The highest BCUT2D eigenvalue weighted by molar-refractivity contribution is 5.94. The van der Waals surface area contributed by atoms with Crippen molar-refractivity contribution in [3.8, 4) is 16.9 Å². The number of nitrogens with zero attached hydrogens (tertiary/aromatic N) is 2. The maximum atomic E-state index is 12.8. The molecule has 2 aromatic carbocycles. The molecule has 2 aromatic heterocycles. The van der Waals surface area contributed by atoms with Gasteiger partial charge in [0.2, 0.25) is 0 Å². The van der Waals surface area contributed by atoms with Crippen LogP contribution in [0.5, 0.6) is 0 Å². The predicted molar refractivity (Wildman–Crippen MR) is 121 cm³/mol. The van der Waals surface area contributed by atoms with Crippen molar-refractivity contribution in [2.75, 3.05) is 0 Å². The minimum atomic E-state index is -0.420. The summed E-state index contributed by atoms with van der Waals surface area (Å²) in [6.07, 6.45) is 1.76. The molecule has 156 valence electrons. The van der Waals surface area contributed by atoms with Crippen LogP contribution in [0.15, 0.2) is 77.7 Å². The summed E-state index contributed by atoms with van der Waals surface area (Å²) in [6.45, 7) is 5.89. The summed E-state index contributed by atoms with van der Waals surface area (Å²) in [5.74, 6) is -0.420. The van der Waals surface area contributed by atoms with E-state index in [0.29, 0.717) is 5.69 Å². The number of rotatable bonds is 5. The molecule has 0 saturated carbocycles. The standard InChI is InChI=1S/C25H24N4O2/c1-16-9-7-8-12-23(16)29-18(3)21(15-26-29)17(2)27-24(30)20-13-14-22(28-25(20)31)19-10-5-4-6-11-19/h4-15,17H,1-3H3,(H,27,30)(H,28,31)/t17-/m0/s1. The second-order valence-corrected chi connectivity index (χ2v) is 7.56. The number of benzene rings is 2. The Kier molecular flexibility index (Phi) is 5.54. The number of carbonyl (C=O) groups excluding carboxylic acids is 1. The number of hydrogen-bond donors (Lipinski definition) is 2. The van der Waals surface area contributed by atoms with Gasteiger partial charge in [-0.05, 0) is 50.1 Å². The number of pyridine rings is 1. The molecular weight excluding hydrogens is 388 g/mol. The summed E-state index contributed by atoms with van der Waals surface area (Å²) in [6, 6.07) is 20.5. The highest BCUT2D eigenvalue weighted by Gasteiger charge is 2.19. The van der Waals surface area contributed by atoms with Crippen LogP contribution >= 0.6 is 0 Å². The first kappa shape index (κ1) is 20.3. The first-order valence-corrected chi connectivity index (χ1v) is 10.2. The van der Waals surface area contributed by atoms with E-state index in [1.54, 1.807) is 18.3 Å². The van der Waals surface area contributed by atoms with Gasteiger partial charge in [0.1, 0.15) is 5.56 Å². The van der Waals surface area contributed by atoms with Crippen molar-refractivity contribution in [2.45, 2.75) is 26.8 Å². The quantitative estimate of drug-likeness (QED) is 0.512. The van der Waals surface area contributed by atoms with Crippen LogP contribution in [0.2, 0.25) is 0 Å². The highest BCUT2D eigenvalue weighted by atomic mass is 16.2. The third kappa shape index (κ3) is 4.05. The Balaban J connectivity index is 1.54. The SMILES string of the molecule is Cc1ccccc1-n1ncc([C@H](C)NC(=O)c2ccc(-c3ccccc3)[nH]c2=O)c1C. The molecule has 2 heterocycles. The number of H-pyrrole nitrogens is 1. The van der Waals surface area contributed by atoms with Crippen molar-refractivity contribution >= 4 is 5.91 Å². The molecule has 0 bridgehead atoms. The van der Waals surface area contributed by atoms with Crippen LogP contribution in [0.25, 0.3) is 16.9 Å². The normalized spacial score (nSPS) is 11.8. The summed E-state index contributed by atoms with van der Waals surface area (Å²) >= 11 is 0. The molecule has 31 heavy (non-hydrogen) atoms. The van der Waals surface area contributed by atoms with Crippen LogP contribution in [-0.2, 0) is 0 Å². The fourth-order valence-electron chi connectivity index (χ4n) is 3.68. The van der Waals surface area contributed by atoms with Gasteiger partial charge in [-0.2, -0.15) is 5.10 Å². The maximum absolute atomic E-state index is 12.8.